The standard InChI is InChI=1S/C14H16BrFN2O4/c1-8(14(21)22)18(6-5-17-9(2)19)13(20)11-4-3-10(16)7-12(11)15/h3-4,7-8H,5-6H2,1-2H3,(H,17,19)(H,21,22). The highest BCUT2D eigenvalue weighted by molar-refractivity contribution is 9.10. The van der Waals surface area contributed by atoms with Crippen LogP contribution in [0.4, 0.5) is 4.39 Å². The van der Waals surface area contributed by atoms with Crippen molar-refractivity contribution < 1.29 is 23.9 Å². The highest BCUT2D eigenvalue weighted by Gasteiger charge is 2.27. The molecule has 0 aliphatic rings. The highest BCUT2D eigenvalue weighted by atomic mass is 79.9. The predicted molar refractivity (Wildman–Crippen MR) is 80.9 cm³/mol. The number of carbonyl (C=O) groups is 3. The SMILES string of the molecule is CC(=O)NCCN(C(=O)c1ccc(F)cc1Br)C(C)C(=O)O. The van der Waals surface area contributed by atoms with Crippen molar-refractivity contribution in [3.05, 3.63) is 34.1 Å². The summed E-state index contributed by atoms with van der Waals surface area (Å²) in [6.45, 7) is 2.84. The molecule has 1 atom stereocenters. The Morgan fingerprint density at radius 3 is 2.55 bits per heavy atom. The molecule has 1 unspecified atom stereocenters. The van der Waals surface area contributed by atoms with Crippen molar-refractivity contribution in [2.75, 3.05) is 13.1 Å². The van der Waals surface area contributed by atoms with Crippen LogP contribution in [0.2, 0.25) is 0 Å². The maximum Gasteiger partial charge on any atom is 0.326 e. The zero-order valence-corrected chi connectivity index (χ0v) is 13.7. The van der Waals surface area contributed by atoms with E-state index < -0.39 is 23.7 Å². The Kier molecular flexibility index (Phi) is 6.48. The van der Waals surface area contributed by atoms with E-state index in [0.717, 1.165) is 17.0 Å². The number of aliphatic carboxylic acids is 1. The van der Waals surface area contributed by atoms with Crippen molar-refractivity contribution in [1.29, 1.82) is 0 Å². The summed E-state index contributed by atoms with van der Waals surface area (Å²) in [5.41, 5.74) is 0.150. The molecule has 0 fully saturated rings. The fraction of sp³-hybridized carbons (Fsp3) is 0.357. The highest BCUT2D eigenvalue weighted by Crippen LogP contribution is 2.20. The Bertz CT molecular complexity index is 594. The summed E-state index contributed by atoms with van der Waals surface area (Å²) >= 11 is 3.09. The second-order valence-corrected chi connectivity index (χ2v) is 5.47. The molecule has 6 nitrogen and oxygen atoms in total. The number of nitrogens with one attached hydrogen (secondary N) is 1. The van der Waals surface area contributed by atoms with Gasteiger partial charge < -0.3 is 15.3 Å². The molecule has 1 aromatic carbocycles. The predicted octanol–water partition coefficient (Wildman–Crippen LogP) is 1.64. The molecule has 1 rings (SSSR count). The summed E-state index contributed by atoms with van der Waals surface area (Å²) in [7, 11) is 0. The average molecular weight is 375 g/mol. The zero-order valence-electron chi connectivity index (χ0n) is 12.1. The van der Waals surface area contributed by atoms with Gasteiger partial charge in [-0.2, -0.15) is 0 Å². The number of benzene rings is 1. The van der Waals surface area contributed by atoms with Crippen molar-refractivity contribution in [2.24, 2.45) is 0 Å². The Hall–Kier alpha value is -1.96. The maximum absolute atomic E-state index is 13.1. The van der Waals surface area contributed by atoms with Crippen LogP contribution in [0, 0.1) is 5.82 Å². The van der Waals surface area contributed by atoms with Crippen LogP contribution in [0.3, 0.4) is 0 Å². The van der Waals surface area contributed by atoms with Crippen LogP contribution in [0.5, 0.6) is 0 Å². The molecular weight excluding hydrogens is 359 g/mol. The molecule has 0 saturated carbocycles. The summed E-state index contributed by atoms with van der Waals surface area (Å²) in [5.74, 6) is -2.53. The number of hydrogen-bond acceptors (Lipinski definition) is 3. The van der Waals surface area contributed by atoms with Crippen molar-refractivity contribution in [3.63, 3.8) is 0 Å². The van der Waals surface area contributed by atoms with E-state index in [1.165, 1.54) is 19.9 Å². The smallest absolute Gasteiger partial charge is 0.326 e. The first-order chi connectivity index (χ1) is 10.2. The molecule has 0 spiro atoms. The fourth-order valence-electron chi connectivity index (χ4n) is 1.77. The van der Waals surface area contributed by atoms with Crippen LogP contribution in [-0.2, 0) is 9.59 Å². The lowest BCUT2D eigenvalue weighted by atomic mass is 10.1. The van der Waals surface area contributed by atoms with Gasteiger partial charge in [0.1, 0.15) is 11.9 Å². The Labute approximate surface area is 135 Å². The van der Waals surface area contributed by atoms with Crippen molar-refractivity contribution >= 4 is 33.7 Å². The van der Waals surface area contributed by atoms with Crippen LogP contribution >= 0.6 is 15.9 Å². The van der Waals surface area contributed by atoms with Crippen molar-refractivity contribution in [1.82, 2.24) is 10.2 Å². The molecule has 0 aliphatic heterocycles. The summed E-state index contributed by atoms with van der Waals surface area (Å²) < 4.78 is 13.3. The van der Waals surface area contributed by atoms with Gasteiger partial charge >= 0.3 is 5.97 Å². The number of carbonyl (C=O) groups excluding carboxylic acids is 2. The first kappa shape index (κ1) is 18.1. The van der Waals surface area contributed by atoms with Gasteiger partial charge in [-0.15, -0.1) is 0 Å². The van der Waals surface area contributed by atoms with Crippen LogP contribution in [0.25, 0.3) is 0 Å². The van der Waals surface area contributed by atoms with E-state index in [9.17, 15) is 18.8 Å². The molecule has 0 aliphatic carbocycles. The summed E-state index contributed by atoms with van der Waals surface area (Å²) in [6, 6.07) is 2.44. The van der Waals surface area contributed by atoms with E-state index >= 15 is 0 Å². The molecule has 1 aromatic rings. The Morgan fingerprint density at radius 1 is 1.41 bits per heavy atom. The second-order valence-electron chi connectivity index (χ2n) is 4.62. The quantitative estimate of drug-likeness (QED) is 0.792. The van der Waals surface area contributed by atoms with Gasteiger partial charge in [0.05, 0.1) is 5.56 Å². The molecule has 0 radical (unpaired) electrons. The van der Waals surface area contributed by atoms with Crippen molar-refractivity contribution in [3.8, 4) is 0 Å². The molecule has 0 aromatic heterocycles. The van der Waals surface area contributed by atoms with Gasteiger partial charge in [0.2, 0.25) is 5.91 Å². The minimum absolute atomic E-state index is 0.0235. The van der Waals surface area contributed by atoms with E-state index in [-0.39, 0.29) is 29.0 Å². The lowest BCUT2D eigenvalue weighted by molar-refractivity contribution is -0.141. The molecule has 0 saturated heterocycles. The maximum atomic E-state index is 13.1. The number of carboxylic acids is 1. The molecule has 22 heavy (non-hydrogen) atoms. The van der Waals surface area contributed by atoms with Gasteiger partial charge in [-0.3, -0.25) is 9.59 Å². The average Bonchev–Trinajstić information content (AvgIpc) is 2.42. The van der Waals surface area contributed by atoms with E-state index in [2.05, 4.69) is 21.2 Å². The summed E-state index contributed by atoms with van der Waals surface area (Å²) in [4.78, 5) is 35.6. The third kappa shape index (κ3) is 4.80. The van der Waals surface area contributed by atoms with E-state index in [1.807, 2.05) is 0 Å². The third-order valence-corrected chi connectivity index (χ3v) is 3.63. The number of halogens is 2. The lowest BCUT2D eigenvalue weighted by Crippen LogP contribution is -2.46. The third-order valence-electron chi connectivity index (χ3n) is 2.97. The monoisotopic (exact) mass is 374 g/mol. The van der Waals surface area contributed by atoms with Crippen LogP contribution < -0.4 is 5.32 Å². The minimum atomic E-state index is -1.17. The van der Waals surface area contributed by atoms with Crippen LogP contribution in [-0.4, -0.2) is 46.9 Å². The summed E-state index contributed by atoms with van der Waals surface area (Å²) in [5, 5.41) is 11.6. The summed E-state index contributed by atoms with van der Waals surface area (Å²) in [6.07, 6.45) is 0. The zero-order chi connectivity index (χ0) is 16.9. The molecule has 2 amide bonds. The molecular formula is C14H16BrFN2O4. The van der Waals surface area contributed by atoms with Gasteiger partial charge in [0.15, 0.2) is 0 Å². The van der Waals surface area contributed by atoms with E-state index in [1.54, 1.807) is 0 Å². The first-order valence-corrected chi connectivity index (χ1v) is 7.26. The number of carboxylic acid groups (broad SMARTS) is 1. The minimum Gasteiger partial charge on any atom is -0.480 e. The van der Waals surface area contributed by atoms with Gasteiger partial charge in [-0.25, -0.2) is 9.18 Å². The van der Waals surface area contributed by atoms with Crippen LogP contribution in [0.1, 0.15) is 24.2 Å². The number of rotatable bonds is 6. The number of amides is 2. The second kappa shape index (κ2) is 7.88. The van der Waals surface area contributed by atoms with Crippen LogP contribution in [0.15, 0.2) is 22.7 Å². The van der Waals surface area contributed by atoms with Gasteiger partial charge in [0, 0.05) is 24.5 Å². The van der Waals surface area contributed by atoms with E-state index in [4.69, 9.17) is 5.11 Å². The number of nitrogens with zero attached hydrogens (tertiary/aromatic N) is 1. The van der Waals surface area contributed by atoms with Crippen molar-refractivity contribution in [2.45, 2.75) is 19.9 Å². The molecule has 0 heterocycles. The van der Waals surface area contributed by atoms with E-state index in [0.29, 0.717) is 0 Å². The molecule has 8 heteroatoms. The van der Waals surface area contributed by atoms with Gasteiger partial charge in [0.25, 0.3) is 5.91 Å². The molecule has 2 N–H and O–H groups in total. The Balaban J connectivity index is 3.00. The van der Waals surface area contributed by atoms with Gasteiger partial charge in [-0.05, 0) is 41.1 Å². The molecule has 120 valence electrons. The lowest BCUT2D eigenvalue weighted by Gasteiger charge is -2.27. The fourth-order valence-corrected chi connectivity index (χ4v) is 2.29. The normalized spacial score (nSPS) is 11.6. The topological polar surface area (TPSA) is 86.7 Å². The van der Waals surface area contributed by atoms with Gasteiger partial charge in [-0.1, -0.05) is 0 Å². The largest absolute Gasteiger partial charge is 0.480 e. The Morgan fingerprint density at radius 2 is 2.05 bits per heavy atom. The molecule has 0 bridgehead atoms. The number of hydrogen-bond donors (Lipinski definition) is 2. The first-order valence-electron chi connectivity index (χ1n) is 6.47.